The molecule has 0 nitrogen and oxygen atoms in total. The number of halogens is 2. The first kappa shape index (κ1) is 36.8. The molecule has 0 saturated heterocycles. The van der Waals surface area contributed by atoms with Crippen molar-refractivity contribution in [3.8, 4) is 0 Å². The van der Waals surface area contributed by atoms with E-state index >= 15 is 0 Å². The molecule has 0 unspecified atom stereocenters. The molecule has 0 aromatic rings. The zero-order valence-corrected chi connectivity index (χ0v) is 3.62. The standard InChI is InChI=1S/Eu.2FH.Li.H/h;2*1H;;. The molecule has 4 heteroatoms. The Labute approximate surface area is 76.2 Å². The van der Waals surface area contributed by atoms with E-state index in [1.807, 2.05) is 0 Å². The van der Waals surface area contributed by atoms with Crippen molar-refractivity contribution in [2.45, 2.75) is 0 Å². The van der Waals surface area contributed by atoms with E-state index in [-0.39, 0.29) is 77.6 Å². The molecule has 0 aromatic heterocycles. The Kier molecular flexibility index (Phi) is 182. The molecule has 0 saturated carbocycles. The molecule has 0 atom stereocenters. The van der Waals surface area contributed by atoms with Crippen molar-refractivity contribution in [3.05, 3.63) is 0 Å². The van der Waals surface area contributed by atoms with Gasteiger partial charge in [-0.15, -0.1) is 0 Å². The summed E-state index contributed by atoms with van der Waals surface area (Å²) >= 11 is 0. The van der Waals surface area contributed by atoms with Gasteiger partial charge in [-0.3, -0.25) is 9.41 Å². The molecule has 25 valence electrons. The summed E-state index contributed by atoms with van der Waals surface area (Å²) in [6.45, 7) is 0. The molecular formula is H3EuF2Li. The summed E-state index contributed by atoms with van der Waals surface area (Å²) in [7, 11) is 0. The van der Waals surface area contributed by atoms with Gasteiger partial charge in [0, 0.05) is 49.4 Å². The van der Waals surface area contributed by atoms with E-state index in [1.54, 1.807) is 0 Å². The quantitative estimate of drug-likeness (QED) is 0.469. The van der Waals surface area contributed by atoms with Gasteiger partial charge in [0.1, 0.15) is 0 Å². The van der Waals surface area contributed by atoms with E-state index < -0.39 is 0 Å². The second kappa shape index (κ2) is 19.8. The summed E-state index contributed by atoms with van der Waals surface area (Å²) in [6.07, 6.45) is 0. The minimum absolute atomic E-state index is 0. The molecule has 1 radical (unpaired) electrons. The van der Waals surface area contributed by atoms with Crippen LogP contribution in [0.3, 0.4) is 0 Å². The molecular weight excluding hydrogens is 197 g/mol. The van der Waals surface area contributed by atoms with Crippen molar-refractivity contribution >= 4 is 18.9 Å². The van der Waals surface area contributed by atoms with Crippen LogP contribution in [0.2, 0.25) is 0 Å². The van der Waals surface area contributed by atoms with E-state index in [0.29, 0.717) is 0 Å². The van der Waals surface area contributed by atoms with E-state index in [2.05, 4.69) is 0 Å². The van der Waals surface area contributed by atoms with Crippen molar-refractivity contribution < 1.29 is 58.8 Å². The van der Waals surface area contributed by atoms with Crippen molar-refractivity contribution in [3.63, 3.8) is 0 Å². The Balaban J connectivity index is 0. The third-order valence-electron chi connectivity index (χ3n) is 0. The van der Waals surface area contributed by atoms with Crippen LogP contribution in [-0.4, -0.2) is 18.9 Å². The van der Waals surface area contributed by atoms with E-state index in [0.717, 1.165) is 0 Å². The molecule has 0 N–H and O–H groups in total. The van der Waals surface area contributed by atoms with E-state index in [4.69, 9.17) is 0 Å². The van der Waals surface area contributed by atoms with Crippen molar-refractivity contribution in [2.75, 3.05) is 0 Å². The Morgan fingerprint density at radius 2 is 0.750 bits per heavy atom. The molecule has 0 amide bonds. The summed E-state index contributed by atoms with van der Waals surface area (Å²) in [6, 6.07) is 0. The molecule has 0 aliphatic heterocycles. The Bertz CT molecular complexity index is 6.00. The fraction of sp³-hybridized carbons (Fsp3) is 0. The van der Waals surface area contributed by atoms with Gasteiger partial charge < -0.3 is 0 Å². The summed E-state index contributed by atoms with van der Waals surface area (Å²) in [4.78, 5) is 0. The zero-order valence-electron chi connectivity index (χ0n) is 1.19. The van der Waals surface area contributed by atoms with Gasteiger partial charge in [0.2, 0.25) is 0 Å². The average molecular weight is 200 g/mol. The summed E-state index contributed by atoms with van der Waals surface area (Å²) in [5.41, 5.74) is 0. The topological polar surface area (TPSA) is 0 Å². The van der Waals surface area contributed by atoms with Crippen LogP contribution in [0.15, 0.2) is 0 Å². The number of hydrogen-bond acceptors (Lipinski definition) is 0. The van der Waals surface area contributed by atoms with Crippen LogP contribution >= 0.6 is 0 Å². The van der Waals surface area contributed by atoms with Crippen LogP contribution in [0.4, 0.5) is 9.41 Å². The Hall–Kier alpha value is 2.04. The molecule has 0 spiro atoms. The first-order chi connectivity index (χ1) is 0. The predicted octanol–water partition coefficient (Wildman–Crippen LogP) is -0.343. The zero-order chi connectivity index (χ0) is 0. The van der Waals surface area contributed by atoms with Gasteiger partial charge in [0.25, 0.3) is 0 Å². The van der Waals surface area contributed by atoms with Gasteiger partial charge in [-0.05, 0) is 0 Å². The first-order valence-electron chi connectivity index (χ1n) is 0. The summed E-state index contributed by atoms with van der Waals surface area (Å²) in [5.74, 6) is 0. The maximum atomic E-state index is 0. The molecule has 0 aliphatic rings. The summed E-state index contributed by atoms with van der Waals surface area (Å²) < 4.78 is 0. The number of hydrogen-bond donors (Lipinski definition) is 0. The SMILES string of the molecule is F.F.[Eu].[LiH]. The Morgan fingerprint density at radius 3 is 0.750 bits per heavy atom. The van der Waals surface area contributed by atoms with Crippen LogP contribution in [0.1, 0.15) is 0 Å². The third kappa shape index (κ3) is 8.97. The van der Waals surface area contributed by atoms with Crippen LogP contribution in [0.25, 0.3) is 0 Å². The monoisotopic (exact) mass is 201 g/mol. The molecule has 0 aromatic carbocycles. The van der Waals surface area contributed by atoms with Crippen LogP contribution in [0.5, 0.6) is 0 Å². The van der Waals surface area contributed by atoms with Crippen molar-refractivity contribution in [1.29, 1.82) is 0 Å². The maximum absolute atomic E-state index is 0. The molecule has 0 fully saturated rings. The molecule has 0 heterocycles. The first-order valence-corrected chi connectivity index (χ1v) is 0. The van der Waals surface area contributed by atoms with Gasteiger partial charge in [-0.25, -0.2) is 0 Å². The fourth-order valence-electron chi connectivity index (χ4n) is 0. The normalized spacial score (nSPS) is 0. The minimum atomic E-state index is 0. The fourth-order valence-corrected chi connectivity index (χ4v) is 0. The second-order valence-corrected chi connectivity index (χ2v) is 0. The molecule has 0 aliphatic carbocycles. The van der Waals surface area contributed by atoms with E-state index in [1.165, 1.54) is 0 Å². The van der Waals surface area contributed by atoms with Crippen molar-refractivity contribution in [1.82, 2.24) is 0 Å². The van der Waals surface area contributed by atoms with Crippen LogP contribution in [-0.2, 0) is 0 Å². The van der Waals surface area contributed by atoms with Gasteiger partial charge in [-0.2, -0.15) is 0 Å². The average Bonchev–Trinajstić information content (AvgIpc) is 0. The third-order valence-corrected chi connectivity index (χ3v) is 0. The van der Waals surface area contributed by atoms with Gasteiger partial charge in [-0.1, -0.05) is 0 Å². The van der Waals surface area contributed by atoms with Gasteiger partial charge in [0.05, 0.1) is 0 Å². The van der Waals surface area contributed by atoms with Crippen LogP contribution < -0.4 is 0 Å². The summed E-state index contributed by atoms with van der Waals surface area (Å²) in [5, 5.41) is 0. The second-order valence-electron chi connectivity index (χ2n) is 0. The predicted molar refractivity (Wildman–Crippen MR) is 12.2 cm³/mol. The molecule has 4 heavy (non-hydrogen) atoms. The van der Waals surface area contributed by atoms with Crippen molar-refractivity contribution in [2.24, 2.45) is 0 Å². The number of rotatable bonds is 0. The van der Waals surface area contributed by atoms with Gasteiger partial charge in [0.15, 0.2) is 0 Å². The Morgan fingerprint density at radius 1 is 0.750 bits per heavy atom. The molecule has 0 rings (SSSR count). The van der Waals surface area contributed by atoms with Gasteiger partial charge >= 0.3 is 18.9 Å². The van der Waals surface area contributed by atoms with E-state index in [9.17, 15) is 0 Å². The van der Waals surface area contributed by atoms with Crippen LogP contribution in [0, 0.1) is 49.4 Å². The molecule has 0 bridgehead atoms.